The van der Waals surface area contributed by atoms with Gasteiger partial charge in [0.2, 0.25) is 0 Å². The molecule has 0 radical (unpaired) electrons. The Morgan fingerprint density at radius 1 is 0.900 bits per heavy atom. The molecule has 2 aromatic rings. The molecule has 5 nitrogen and oxygen atoms in total. The summed E-state index contributed by atoms with van der Waals surface area (Å²) in [5.74, 6) is 0. The summed E-state index contributed by atoms with van der Waals surface area (Å²) in [5, 5.41) is 0. The van der Waals surface area contributed by atoms with Crippen molar-refractivity contribution in [2.24, 2.45) is 3.77 Å². The van der Waals surface area contributed by atoms with Crippen LogP contribution in [-0.2, 0) is 20.7 Å². The Morgan fingerprint density at radius 3 is 1.85 bits per heavy atom. The monoisotopic (exact) mass is 309 g/mol. The fourth-order valence-corrected chi connectivity index (χ4v) is 4.41. The highest BCUT2D eigenvalue weighted by molar-refractivity contribution is 7.99. The van der Waals surface area contributed by atoms with Crippen molar-refractivity contribution in [3.05, 3.63) is 48.5 Å². The maximum absolute atomic E-state index is 12.2. The largest absolute Gasteiger partial charge is 0.399 e. The van der Waals surface area contributed by atoms with E-state index in [0.29, 0.717) is 11.4 Å². The van der Waals surface area contributed by atoms with E-state index in [0.717, 1.165) is 4.90 Å². The van der Waals surface area contributed by atoms with Gasteiger partial charge in [-0.1, -0.05) is 10.7 Å². The van der Waals surface area contributed by atoms with E-state index in [4.69, 9.17) is 11.5 Å². The van der Waals surface area contributed by atoms with Crippen LogP contribution in [-0.4, -0.2) is 14.7 Å². The van der Waals surface area contributed by atoms with Crippen LogP contribution in [0.4, 0.5) is 11.4 Å². The number of rotatable bonds is 3. The Balaban J connectivity index is 2.37. The van der Waals surface area contributed by atoms with Crippen molar-refractivity contribution < 1.29 is 8.42 Å². The average molecular weight is 309 g/mol. The molecular formula is C13H15N3O2S2. The summed E-state index contributed by atoms with van der Waals surface area (Å²) >= 11 is 0. The van der Waals surface area contributed by atoms with Crippen LogP contribution < -0.4 is 11.5 Å². The number of sulfonamides is 1. The van der Waals surface area contributed by atoms with E-state index in [1.165, 1.54) is 12.1 Å². The van der Waals surface area contributed by atoms with Gasteiger partial charge in [-0.2, -0.15) is 8.42 Å². The lowest BCUT2D eigenvalue weighted by atomic mass is 10.3. The third-order valence-electron chi connectivity index (χ3n) is 2.61. The SMILES string of the molecule is C/S(=N\S(=O)(=O)c1ccc(N)cc1)c1ccc(N)cc1. The number of anilines is 2. The summed E-state index contributed by atoms with van der Waals surface area (Å²) in [6, 6.07) is 13.0. The standard InChI is InChI=1S/C13H15N3O2S2/c1-19(12-6-2-10(14)3-7-12)16-20(17,18)13-8-4-11(15)5-9-13/h2-9H,14-15H2,1H3. The van der Waals surface area contributed by atoms with Gasteiger partial charge in [-0.25, -0.2) is 0 Å². The Morgan fingerprint density at radius 2 is 1.35 bits per heavy atom. The highest BCUT2D eigenvalue weighted by Crippen LogP contribution is 2.18. The van der Waals surface area contributed by atoms with Crippen LogP contribution in [0.15, 0.2) is 62.1 Å². The molecule has 0 aromatic heterocycles. The van der Waals surface area contributed by atoms with Gasteiger partial charge in [0.25, 0.3) is 10.0 Å². The number of nitrogen functional groups attached to an aromatic ring is 2. The van der Waals surface area contributed by atoms with E-state index in [1.54, 1.807) is 42.7 Å². The Kier molecular flexibility index (Phi) is 4.10. The second-order valence-corrected chi connectivity index (χ2v) is 7.61. The van der Waals surface area contributed by atoms with Crippen molar-refractivity contribution in [1.82, 2.24) is 0 Å². The molecule has 2 rings (SSSR count). The minimum absolute atomic E-state index is 0.140. The molecule has 0 heterocycles. The second-order valence-electron chi connectivity index (χ2n) is 4.17. The molecule has 0 saturated carbocycles. The molecule has 106 valence electrons. The molecule has 4 N–H and O–H groups in total. The van der Waals surface area contributed by atoms with Crippen LogP contribution in [0.25, 0.3) is 0 Å². The summed E-state index contributed by atoms with van der Waals surface area (Å²) in [4.78, 5) is 0.958. The molecular weight excluding hydrogens is 294 g/mol. The lowest BCUT2D eigenvalue weighted by molar-refractivity contribution is 0.598. The summed E-state index contributed by atoms with van der Waals surface area (Å²) < 4.78 is 28.3. The predicted molar refractivity (Wildman–Crippen MR) is 82.9 cm³/mol. The molecule has 0 aliphatic heterocycles. The smallest absolute Gasteiger partial charge is 0.288 e. The van der Waals surface area contributed by atoms with Crippen molar-refractivity contribution in [2.45, 2.75) is 9.79 Å². The molecule has 20 heavy (non-hydrogen) atoms. The Hall–Kier alpha value is -1.86. The quantitative estimate of drug-likeness (QED) is 0.847. The van der Waals surface area contributed by atoms with Crippen molar-refractivity contribution >= 4 is 32.1 Å². The summed E-state index contributed by atoms with van der Waals surface area (Å²) in [7, 11) is -4.45. The van der Waals surface area contributed by atoms with Crippen LogP contribution in [0.2, 0.25) is 0 Å². The molecule has 7 heteroatoms. The summed E-state index contributed by atoms with van der Waals surface area (Å²) in [6.07, 6.45) is 1.75. The molecule has 0 amide bonds. The first-order chi connectivity index (χ1) is 9.38. The predicted octanol–water partition coefficient (Wildman–Crippen LogP) is 2.03. The highest BCUT2D eigenvalue weighted by atomic mass is 32.3. The van der Waals surface area contributed by atoms with Gasteiger partial charge in [0.15, 0.2) is 0 Å². The molecule has 2 aromatic carbocycles. The van der Waals surface area contributed by atoms with Gasteiger partial charge in [-0.05, 0) is 54.8 Å². The third-order valence-corrected chi connectivity index (χ3v) is 6.11. The lowest BCUT2D eigenvalue weighted by Crippen LogP contribution is -2.00. The van der Waals surface area contributed by atoms with E-state index in [2.05, 4.69) is 3.77 Å². The number of nitrogens with two attached hydrogens (primary N) is 2. The maximum atomic E-state index is 12.2. The number of benzene rings is 2. The zero-order chi connectivity index (χ0) is 14.8. The van der Waals surface area contributed by atoms with E-state index >= 15 is 0 Å². The van der Waals surface area contributed by atoms with Gasteiger partial charge in [-0.15, -0.1) is 3.77 Å². The van der Waals surface area contributed by atoms with E-state index in [1.807, 2.05) is 0 Å². The second kappa shape index (κ2) is 5.64. The van der Waals surface area contributed by atoms with Gasteiger partial charge >= 0.3 is 0 Å². The first kappa shape index (κ1) is 14.5. The topological polar surface area (TPSA) is 98.5 Å². The summed E-state index contributed by atoms with van der Waals surface area (Å²) in [5.41, 5.74) is 12.3. The fraction of sp³-hybridized carbons (Fsp3) is 0.0769. The van der Waals surface area contributed by atoms with E-state index in [-0.39, 0.29) is 4.90 Å². The van der Waals surface area contributed by atoms with Crippen LogP contribution in [0.3, 0.4) is 0 Å². The minimum atomic E-state index is -3.68. The molecule has 0 bridgehead atoms. The van der Waals surface area contributed by atoms with E-state index < -0.39 is 20.7 Å². The number of hydrogen-bond acceptors (Lipinski definition) is 4. The first-order valence-electron chi connectivity index (χ1n) is 5.74. The third kappa shape index (κ3) is 3.37. The van der Waals surface area contributed by atoms with Gasteiger partial charge in [0.1, 0.15) is 0 Å². The van der Waals surface area contributed by atoms with Gasteiger partial charge in [-0.3, -0.25) is 0 Å². The van der Waals surface area contributed by atoms with Gasteiger partial charge < -0.3 is 11.5 Å². The highest BCUT2D eigenvalue weighted by Gasteiger charge is 2.13. The molecule has 1 unspecified atom stereocenters. The van der Waals surface area contributed by atoms with Gasteiger partial charge in [0.05, 0.1) is 4.90 Å². The molecule has 0 fully saturated rings. The van der Waals surface area contributed by atoms with Crippen LogP contribution in [0.5, 0.6) is 0 Å². The molecule has 0 spiro atoms. The number of hydrogen-bond donors (Lipinski definition) is 2. The van der Waals surface area contributed by atoms with Crippen LogP contribution in [0, 0.1) is 0 Å². The van der Waals surface area contributed by atoms with Gasteiger partial charge in [0, 0.05) is 16.3 Å². The fourth-order valence-electron chi connectivity index (χ4n) is 1.54. The zero-order valence-corrected chi connectivity index (χ0v) is 12.5. The van der Waals surface area contributed by atoms with Crippen molar-refractivity contribution in [3.63, 3.8) is 0 Å². The van der Waals surface area contributed by atoms with Crippen LogP contribution >= 0.6 is 0 Å². The summed E-state index contributed by atoms with van der Waals surface area (Å²) in [6.45, 7) is 0. The van der Waals surface area contributed by atoms with Crippen molar-refractivity contribution in [1.29, 1.82) is 0 Å². The first-order valence-corrected chi connectivity index (χ1v) is 8.77. The maximum Gasteiger partial charge on any atom is 0.288 e. The van der Waals surface area contributed by atoms with E-state index in [9.17, 15) is 8.42 Å². The normalized spacial score (nSPS) is 13.2. The van der Waals surface area contributed by atoms with Crippen LogP contribution in [0.1, 0.15) is 0 Å². The van der Waals surface area contributed by atoms with Crippen molar-refractivity contribution in [3.8, 4) is 0 Å². The lowest BCUT2D eigenvalue weighted by Gasteiger charge is -2.04. The zero-order valence-electron chi connectivity index (χ0n) is 10.9. The minimum Gasteiger partial charge on any atom is -0.399 e. The molecule has 0 aliphatic carbocycles. The Labute approximate surface area is 120 Å². The molecule has 1 atom stereocenters. The van der Waals surface area contributed by atoms with Crippen molar-refractivity contribution in [2.75, 3.05) is 17.7 Å². The number of nitrogens with zero attached hydrogens (tertiary/aromatic N) is 1. The molecule has 0 saturated heterocycles. The average Bonchev–Trinajstić information content (AvgIpc) is 2.39. The Bertz CT molecular complexity index is 736. The molecule has 0 aliphatic rings.